The van der Waals surface area contributed by atoms with Crippen LogP contribution in [0, 0.1) is 0 Å². The van der Waals surface area contributed by atoms with Crippen molar-refractivity contribution in [2.24, 2.45) is 0 Å². The van der Waals surface area contributed by atoms with Crippen molar-refractivity contribution in [1.82, 2.24) is 0 Å². The third kappa shape index (κ3) is 16.4. The van der Waals surface area contributed by atoms with Crippen LogP contribution in [0.4, 0.5) is 24.5 Å². The van der Waals surface area contributed by atoms with Crippen LogP contribution in [0.2, 0.25) is 10.1 Å². The van der Waals surface area contributed by atoms with E-state index < -0.39 is 49.2 Å². The van der Waals surface area contributed by atoms with Gasteiger partial charge in [0.2, 0.25) is 11.5 Å². The molecule has 8 aromatic rings. The molecule has 1 heterocycles. The van der Waals surface area contributed by atoms with Crippen molar-refractivity contribution in [3.05, 3.63) is 210 Å². The van der Waals surface area contributed by atoms with Crippen LogP contribution in [0.1, 0.15) is 110 Å². The number of ether oxygens (including phenoxy) is 8. The second kappa shape index (κ2) is 32.5. The maximum Gasteiger partial charge on any atom is 0.534 e. The van der Waals surface area contributed by atoms with Crippen molar-refractivity contribution < 1.29 is 81.8 Å². The number of nitrogens with two attached hydrogens (primary N) is 2. The van der Waals surface area contributed by atoms with Gasteiger partial charge in [-0.3, -0.25) is 0 Å². The molecule has 0 saturated carbocycles. The van der Waals surface area contributed by atoms with Crippen LogP contribution in [0.3, 0.4) is 0 Å². The molecule has 11 rings (SSSR count). The highest BCUT2D eigenvalue weighted by molar-refractivity contribution is 7.87. The minimum Gasteiger partial charge on any atom is -0.495 e. The average molecular weight is 1500 g/mol. The van der Waals surface area contributed by atoms with Crippen molar-refractivity contribution in [2.45, 2.75) is 134 Å². The van der Waals surface area contributed by atoms with Gasteiger partial charge in [0.05, 0.1) is 91.7 Å². The Morgan fingerprint density at radius 3 is 1.17 bits per heavy atom. The molecular weight excluding hydrogens is 1400 g/mol. The highest BCUT2D eigenvalue weighted by Crippen LogP contribution is 2.51. The lowest BCUT2D eigenvalue weighted by Gasteiger charge is -2.44. The molecule has 2 unspecified atom stereocenters. The van der Waals surface area contributed by atoms with Gasteiger partial charge in [0.25, 0.3) is 16.6 Å². The summed E-state index contributed by atoms with van der Waals surface area (Å²) in [6.07, 6.45) is 4.51. The van der Waals surface area contributed by atoms with Crippen LogP contribution in [0.5, 0.6) is 46.0 Å². The Kier molecular flexibility index (Phi) is 24.8. The van der Waals surface area contributed by atoms with Crippen LogP contribution in [-0.4, -0.2) is 118 Å². The Morgan fingerprint density at radius 2 is 0.819 bits per heavy atom. The zero-order valence-corrected chi connectivity index (χ0v) is 66.0. The van der Waals surface area contributed by atoms with Crippen molar-refractivity contribution in [2.75, 3.05) is 68.3 Å². The number of hydrogen-bond acceptors (Lipinski definition) is 17. The van der Waals surface area contributed by atoms with Crippen LogP contribution >= 0.6 is 0 Å². The van der Waals surface area contributed by atoms with E-state index in [1.807, 2.05) is 131 Å². The first-order chi connectivity index (χ1) is 49.6. The first kappa shape index (κ1) is 80.2. The fraction of sp³-hybridized carbons (Fsp3) is 0.358. The molecule has 4 N–H and O–H groups in total. The van der Waals surface area contributed by atoms with E-state index in [-0.39, 0.29) is 65.1 Å². The van der Waals surface area contributed by atoms with Crippen molar-refractivity contribution >= 4 is 82.8 Å². The number of anilines is 2. The topological polar surface area (TPSA) is 206 Å². The molecule has 8 aromatic carbocycles. The highest BCUT2D eigenvalue weighted by Gasteiger charge is 2.55. The maximum absolute atomic E-state index is 13.6. The summed E-state index contributed by atoms with van der Waals surface area (Å²) in [5.41, 5.74) is 12.5. The summed E-state index contributed by atoms with van der Waals surface area (Å²) >= 11 is 0. The van der Waals surface area contributed by atoms with Gasteiger partial charge in [-0.2, -0.15) is 21.6 Å². The summed E-state index contributed by atoms with van der Waals surface area (Å²) in [5, 5.41) is 3.77. The molecule has 3 aliphatic rings. The minimum atomic E-state index is -6.04. The van der Waals surface area contributed by atoms with Crippen molar-refractivity contribution in [3.63, 3.8) is 0 Å². The Morgan fingerprint density at radius 1 is 0.457 bits per heavy atom. The molecule has 1 saturated heterocycles. The monoisotopic (exact) mass is 1490 g/mol. The first-order valence-corrected chi connectivity index (χ1v) is 39.8. The highest BCUT2D eigenvalue weighted by atomic mass is 32.2. The molecular formula is C81H98BF3N2O15SSi2. The van der Waals surface area contributed by atoms with E-state index in [4.69, 9.17) is 71.7 Å². The number of benzene rings is 8. The summed E-state index contributed by atoms with van der Waals surface area (Å²) in [6.45, 7) is 21.2. The van der Waals surface area contributed by atoms with Crippen LogP contribution < -0.4 is 75.6 Å². The normalized spacial score (nSPS) is 16.5. The Balaban J connectivity index is 0.000000197. The second-order valence-electron chi connectivity index (χ2n) is 28.7. The fourth-order valence-corrected chi connectivity index (χ4v) is 23.7. The molecule has 24 heteroatoms. The average Bonchev–Trinajstić information content (AvgIpc) is 1.51. The van der Waals surface area contributed by atoms with Crippen LogP contribution in [0.25, 0.3) is 11.3 Å². The Labute approximate surface area is 619 Å². The van der Waals surface area contributed by atoms with Crippen molar-refractivity contribution in [1.29, 1.82) is 0 Å². The molecule has 0 radical (unpaired) electrons. The van der Waals surface area contributed by atoms with Gasteiger partial charge in [0.1, 0.15) is 17.3 Å². The number of hydrogen-bond donors (Lipinski definition) is 2. The molecule has 17 nitrogen and oxygen atoms in total. The lowest BCUT2D eigenvalue weighted by atomic mass is 9.79. The van der Waals surface area contributed by atoms with E-state index in [1.54, 1.807) is 35.5 Å². The number of nitrogen functional groups attached to an aromatic ring is 2. The van der Waals surface area contributed by atoms with Crippen LogP contribution in [-0.2, 0) is 45.3 Å². The van der Waals surface area contributed by atoms with Gasteiger partial charge < -0.3 is 71.7 Å². The molecule has 0 aromatic heterocycles. The lowest BCUT2D eigenvalue weighted by molar-refractivity contribution is -0.0509. The molecule has 1 aliphatic heterocycles. The van der Waals surface area contributed by atoms with Crippen molar-refractivity contribution in [3.8, 4) is 46.0 Å². The third-order valence-corrected chi connectivity index (χ3v) is 30.9. The first-order valence-electron chi connectivity index (χ1n) is 34.5. The summed E-state index contributed by atoms with van der Waals surface area (Å²) in [5.74, 6) is 3.14. The molecule has 2 aliphatic carbocycles. The van der Waals surface area contributed by atoms with E-state index in [0.29, 0.717) is 52.1 Å². The second-order valence-corrected chi connectivity index (χ2v) is 38.7. The predicted molar refractivity (Wildman–Crippen MR) is 415 cm³/mol. The molecule has 0 bridgehead atoms. The third-order valence-electron chi connectivity index (χ3n) is 19.8. The summed E-state index contributed by atoms with van der Waals surface area (Å²) in [6, 6.07) is 55.8. The van der Waals surface area contributed by atoms with E-state index in [0.717, 1.165) is 44.5 Å². The maximum atomic E-state index is 13.6. The number of fused-ring (bicyclic) bond motifs is 2. The lowest BCUT2D eigenvalue weighted by Crippen LogP contribution is -2.67. The molecule has 560 valence electrons. The number of rotatable bonds is 20. The van der Waals surface area contributed by atoms with Gasteiger partial charge in [0, 0.05) is 16.7 Å². The van der Waals surface area contributed by atoms with E-state index in [2.05, 4.69) is 108 Å². The predicted octanol–water partition coefficient (Wildman–Crippen LogP) is 14.0. The van der Waals surface area contributed by atoms with Gasteiger partial charge in [-0.25, -0.2) is 0 Å². The minimum absolute atomic E-state index is 0.0656. The van der Waals surface area contributed by atoms with E-state index in [9.17, 15) is 21.6 Å². The van der Waals surface area contributed by atoms with Gasteiger partial charge in [-0.15, -0.1) is 0 Å². The summed E-state index contributed by atoms with van der Waals surface area (Å²) in [4.78, 5) is 0. The van der Waals surface area contributed by atoms with Gasteiger partial charge in [0.15, 0.2) is 23.0 Å². The van der Waals surface area contributed by atoms with Gasteiger partial charge in [-0.05, 0) is 155 Å². The Bertz CT molecular complexity index is 4410. The summed E-state index contributed by atoms with van der Waals surface area (Å²) in [7, 11) is -0.146. The van der Waals surface area contributed by atoms with E-state index in [1.165, 1.54) is 43.8 Å². The summed E-state index contributed by atoms with van der Waals surface area (Å²) < 4.78 is 142. The molecule has 1 fully saturated rings. The van der Waals surface area contributed by atoms with Gasteiger partial charge >= 0.3 is 22.7 Å². The molecule has 2 atom stereocenters. The smallest absolute Gasteiger partial charge is 0.495 e. The molecule has 0 amide bonds. The zero-order valence-electron chi connectivity index (χ0n) is 63.2. The number of methoxy groups -OCH3 is 8. The quantitative estimate of drug-likeness (QED) is 0.0315. The van der Waals surface area contributed by atoms with E-state index >= 15 is 0 Å². The molecule has 105 heavy (non-hydrogen) atoms. The number of alkyl halides is 3. The fourth-order valence-electron chi connectivity index (χ4n) is 14.0. The largest absolute Gasteiger partial charge is 0.534 e. The van der Waals surface area contributed by atoms with Gasteiger partial charge in [-0.1, -0.05) is 175 Å². The Hall–Kier alpha value is -8.88. The number of halogens is 3. The zero-order chi connectivity index (χ0) is 76.7. The standard InChI is InChI=1S/C37H43NO5Si.C31H35F3O7SSi.C13H20BNO3/c1-37(2,3)44(27-14-10-8-11-15-27,28-16-12-9-13-17-28)43-26-19-20-29-31(24-34(40-5)36(42-7)35(29)41-6)30(23-26)25-18-21-33(39-4)32(38)22-25;1-30(2,3)43(22-13-9-7-10-14-22,23-15-11-8-12-16-23)41-21-17-18-24-25(20-27(37-4)29(39-6)28(24)38-5)26(19-21)40-42(35,36)31(32,33)34;1-12(2)13(3,4)18-14(17-12)9-6-7-11(16-5)10(15)8-9/h8-18,21-24,26H,19-20,38H2,1-7H3;7-16,19-21H,17-18H2,1-6H3;6-8H,15H2,1-5H3. The SMILES string of the molecule is COc1cc2c(c(OC)c1OC)CCC(O[Si](c1ccccc1)(c1ccccc1)C(C)(C)C)C=C2OS(=O)(=O)C(F)(F)F.COc1ccc(B2OC(C)(C)C(C)(C)O2)cc1N.COc1ccc(C2=CC(O[Si](c3ccccc3)(c3ccccc3)C(C)(C)C)CCc3c2cc(OC)c(OC)c3OC)cc1N. The molecule has 0 spiro atoms. The van der Waals surface area contributed by atoms with Crippen LogP contribution in [0.15, 0.2) is 182 Å².